The smallest absolute Gasteiger partial charge is 0.335 e. The fraction of sp³-hybridized carbons (Fsp3) is 0.905. The molecule has 324 valence electrons. The Hall–Kier alpha value is -1.76. The first-order valence-electron chi connectivity index (χ1n) is 21.0. The number of allylic oxidation sites excluding steroid dienone is 2. The van der Waals surface area contributed by atoms with Crippen molar-refractivity contribution >= 4 is 11.9 Å². The number of aliphatic hydroxyl groups is 8. The van der Waals surface area contributed by atoms with Crippen LogP contribution in [0.1, 0.15) is 106 Å². The summed E-state index contributed by atoms with van der Waals surface area (Å²) in [5.74, 6) is -1.71. The number of hydrogen-bond donors (Lipinski definition) is 9. The molecule has 20 unspecified atom stereocenters. The summed E-state index contributed by atoms with van der Waals surface area (Å²) >= 11 is 0. The highest BCUT2D eigenvalue weighted by Gasteiger charge is 2.69. The molecule has 2 saturated heterocycles. The Balaban J connectivity index is 1.13. The molecular formula is C42H66O15. The minimum Gasteiger partial charge on any atom is -0.479 e. The van der Waals surface area contributed by atoms with Crippen LogP contribution in [0, 0.1) is 50.2 Å². The van der Waals surface area contributed by atoms with Crippen molar-refractivity contribution in [2.75, 3.05) is 13.2 Å². The van der Waals surface area contributed by atoms with E-state index in [1.54, 1.807) is 0 Å². The van der Waals surface area contributed by atoms with E-state index in [1.807, 2.05) is 13.8 Å². The minimum atomic E-state index is -1.83. The predicted octanol–water partition coefficient (Wildman–Crippen LogP) is 1.38. The number of aliphatic carboxylic acids is 1. The average molecular weight is 811 g/mol. The van der Waals surface area contributed by atoms with Crippen molar-refractivity contribution in [2.45, 2.75) is 173 Å². The number of ether oxygens (including phenoxy) is 4. The topological polar surface area (TPSA) is 253 Å². The molecule has 0 aromatic heterocycles. The number of carbonyl (C=O) groups excluding carboxylic acids is 1. The van der Waals surface area contributed by atoms with Gasteiger partial charge in [0.2, 0.25) is 6.29 Å². The molecule has 9 N–H and O–H groups in total. The molecule has 2 aliphatic heterocycles. The number of rotatable bonds is 7. The lowest BCUT2D eigenvalue weighted by Gasteiger charge is -2.71. The molecule has 0 bridgehead atoms. The summed E-state index contributed by atoms with van der Waals surface area (Å²) in [5.41, 5.74) is -0.924. The average Bonchev–Trinajstić information content (AvgIpc) is 3.16. The molecule has 57 heavy (non-hydrogen) atoms. The lowest BCUT2D eigenvalue weighted by atomic mass is 9.33. The molecule has 4 saturated carbocycles. The Morgan fingerprint density at radius 3 is 2.05 bits per heavy atom. The van der Waals surface area contributed by atoms with Crippen molar-refractivity contribution in [3.05, 3.63) is 11.6 Å². The number of carboxylic acid groups (broad SMARTS) is 1. The maximum Gasteiger partial charge on any atom is 0.335 e. The quantitative estimate of drug-likeness (QED) is 0.100. The van der Waals surface area contributed by atoms with Gasteiger partial charge in [0.15, 0.2) is 12.4 Å². The molecular weight excluding hydrogens is 744 g/mol. The highest BCUT2D eigenvalue weighted by atomic mass is 16.7. The Morgan fingerprint density at radius 1 is 0.754 bits per heavy atom. The SMILES string of the molecule is CC1(C(=O)OC2OC(CO)C(O)C(O)C2O)CCC2(C)CCC3(C)C(=CCC4C5(C)CCC(OC6OC(C(=O)O)C(O)C(O)C6O)C(C)(CO)C5CCC43C)C2C1. The van der Waals surface area contributed by atoms with E-state index in [9.17, 15) is 55.5 Å². The van der Waals surface area contributed by atoms with Crippen LogP contribution in [0.4, 0.5) is 0 Å². The molecule has 7 aliphatic rings. The van der Waals surface area contributed by atoms with Crippen LogP contribution in [-0.4, -0.2) is 139 Å². The Kier molecular flexibility index (Phi) is 11.2. The summed E-state index contributed by atoms with van der Waals surface area (Å²) in [6.07, 6.45) is -6.78. The molecule has 0 amide bonds. The van der Waals surface area contributed by atoms with Crippen molar-refractivity contribution in [3.63, 3.8) is 0 Å². The lowest BCUT2D eigenvalue weighted by Crippen LogP contribution is -2.67. The molecule has 15 nitrogen and oxygen atoms in total. The van der Waals surface area contributed by atoms with Gasteiger partial charge in [-0.2, -0.15) is 0 Å². The molecule has 15 heteroatoms. The predicted molar refractivity (Wildman–Crippen MR) is 200 cm³/mol. The summed E-state index contributed by atoms with van der Waals surface area (Å²) in [6.45, 7) is 12.5. The third-order valence-corrected chi connectivity index (χ3v) is 17.6. The van der Waals surface area contributed by atoms with E-state index in [4.69, 9.17) is 18.9 Å². The van der Waals surface area contributed by atoms with Gasteiger partial charge in [0, 0.05) is 5.41 Å². The summed E-state index contributed by atoms with van der Waals surface area (Å²) in [6, 6.07) is 0. The molecule has 0 radical (unpaired) electrons. The van der Waals surface area contributed by atoms with Gasteiger partial charge in [0.05, 0.1) is 24.7 Å². The summed E-state index contributed by atoms with van der Waals surface area (Å²) < 4.78 is 23.1. The number of hydrogen-bond acceptors (Lipinski definition) is 14. The maximum absolute atomic E-state index is 14.0. The molecule has 6 fully saturated rings. The van der Waals surface area contributed by atoms with Crippen LogP contribution in [0.2, 0.25) is 0 Å². The minimum absolute atomic E-state index is 0.000843. The number of aliphatic hydroxyl groups excluding tert-OH is 8. The van der Waals surface area contributed by atoms with Gasteiger partial charge in [-0.1, -0.05) is 46.3 Å². The van der Waals surface area contributed by atoms with E-state index in [0.717, 1.165) is 44.9 Å². The van der Waals surface area contributed by atoms with Crippen LogP contribution in [0.15, 0.2) is 11.6 Å². The molecule has 2 heterocycles. The first kappa shape index (κ1) is 43.3. The molecule has 20 atom stereocenters. The van der Waals surface area contributed by atoms with E-state index in [0.29, 0.717) is 19.3 Å². The van der Waals surface area contributed by atoms with Crippen molar-refractivity contribution in [2.24, 2.45) is 50.2 Å². The summed E-state index contributed by atoms with van der Waals surface area (Å²) in [5, 5.41) is 93.1. The standard InChI is InChI=1S/C42H66O15/c1-37-13-14-38(2,36(53)57-34-30(49)27(46)26(45)22(18-43)54-34)17-21(37)20-7-8-24-39(3)11-10-25(55-35-31(50)28(47)29(48)32(56-35)33(51)52)40(4,19-44)23(39)9-12-42(24,6)41(20,5)16-15-37/h7,21-32,34-35,43-50H,8-19H2,1-6H3,(H,51,52). The van der Waals surface area contributed by atoms with E-state index < -0.39 is 96.9 Å². The van der Waals surface area contributed by atoms with Crippen molar-refractivity contribution in [3.8, 4) is 0 Å². The molecule has 0 spiro atoms. The maximum atomic E-state index is 14.0. The molecule has 7 rings (SSSR count). The molecule has 5 aliphatic carbocycles. The molecule has 0 aromatic rings. The Bertz CT molecular complexity index is 1590. The lowest BCUT2D eigenvalue weighted by molar-refractivity contribution is -0.327. The zero-order valence-electron chi connectivity index (χ0n) is 34.1. The third-order valence-electron chi connectivity index (χ3n) is 17.6. The Morgan fingerprint density at radius 2 is 1.40 bits per heavy atom. The van der Waals surface area contributed by atoms with Gasteiger partial charge in [-0.15, -0.1) is 0 Å². The van der Waals surface area contributed by atoms with Crippen molar-refractivity contribution in [1.82, 2.24) is 0 Å². The van der Waals surface area contributed by atoms with Crippen molar-refractivity contribution in [1.29, 1.82) is 0 Å². The van der Waals surface area contributed by atoms with Crippen LogP contribution >= 0.6 is 0 Å². The third kappa shape index (κ3) is 6.39. The first-order chi connectivity index (χ1) is 26.5. The van der Waals surface area contributed by atoms with Crippen molar-refractivity contribution < 1.29 is 74.5 Å². The second-order valence-electron chi connectivity index (χ2n) is 20.4. The van der Waals surface area contributed by atoms with Gasteiger partial charge in [-0.3, -0.25) is 4.79 Å². The van der Waals surface area contributed by atoms with Gasteiger partial charge in [-0.05, 0) is 111 Å². The van der Waals surface area contributed by atoms with E-state index in [-0.39, 0.29) is 46.0 Å². The highest BCUT2D eigenvalue weighted by molar-refractivity contribution is 5.77. The van der Waals surface area contributed by atoms with Gasteiger partial charge < -0.3 is 64.9 Å². The largest absolute Gasteiger partial charge is 0.479 e. The number of carbonyl (C=O) groups is 2. The van der Waals surface area contributed by atoms with Crippen LogP contribution in [-0.2, 0) is 28.5 Å². The van der Waals surface area contributed by atoms with Crippen LogP contribution < -0.4 is 0 Å². The van der Waals surface area contributed by atoms with E-state index in [2.05, 4.69) is 33.8 Å². The zero-order valence-corrected chi connectivity index (χ0v) is 34.1. The van der Waals surface area contributed by atoms with Crippen LogP contribution in [0.3, 0.4) is 0 Å². The Labute approximate surface area is 334 Å². The van der Waals surface area contributed by atoms with Crippen LogP contribution in [0.5, 0.6) is 0 Å². The van der Waals surface area contributed by atoms with Gasteiger partial charge >= 0.3 is 11.9 Å². The van der Waals surface area contributed by atoms with E-state index >= 15 is 0 Å². The monoisotopic (exact) mass is 810 g/mol. The zero-order chi connectivity index (χ0) is 41.8. The van der Waals surface area contributed by atoms with Gasteiger partial charge in [0.25, 0.3) is 0 Å². The molecule has 0 aromatic carbocycles. The van der Waals surface area contributed by atoms with Gasteiger partial charge in [-0.25, -0.2) is 4.79 Å². The second-order valence-corrected chi connectivity index (χ2v) is 20.4. The van der Waals surface area contributed by atoms with Gasteiger partial charge in [0.1, 0.15) is 42.7 Å². The number of esters is 1. The normalized spacial score (nSPS) is 54.9. The first-order valence-corrected chi connectivity index (χ1v) is 21.0. The van der Waals surface area contributed by atoms with E-state index in [1.165, 1.54) is 5.57 Å². The fourth-order valence-electron chi connectivity index (χ4n) is 13.5. The second kappa shape index (κ2) is 14.7. The highest BCUT2D eigenvalue weighted by Crippen LogP contribution is 2.76. The fourth-order valence-corrected chi connectivity index (χ4v) is 13.5. The number of carboxylic acids is 1. The van der Waals surface area contributed by atoms with Crippen LogP contribution in [0.25, 0.3) is 0 Å². The summed E-state index contributed by atoms with van der Waals surface area (Å²) in [4.78, 5) is 25.8. The number of fused-ring (bicyclic) bond motifs is 7. The summed E-state index contributed by atoms with van der Waals surface area (Å²) in [7, 11) is 0.